The molecule has 0 aromatic carbocycles. The second kappa shape index (κ2) is 5.16. The summed E-state index contributed by atoms with van der Waals surface area (Å²) in [6.07, 6.45) is 4.06. The van der Waals surface area contributed by atoms with Gasteiger partial charge in [0.1, 0.15) is 0 Å². The third-order valence-corrected chi connectivity index (χ3v) is 4.59. The Labute approximate surface area is 120 Å². The zero-order valence-electron chi connectivity index (χ0n) is 11.0. The molecule has 0 aliphatic heterocycles. The van der Waals surface area contributed by atoms with Crippen molar-refractivity contribution >= 4 is 23.4 Å². The number of hydrogen-bond donors (Lipinski definition) is 1. The van der Waals surface area contributed by atoms with Crippen LogP contribution in [-0.4, -0.2) is 29.1 Å². The van der Waals surface area contributed by atoms with Crippen LogP contribution in [0.25, 0.3) is 0 Å². The highest BCUT2D eigenvalue weighted by Crippen LogP contribution is 2.49. The SMILES string of the molecule is COC(=O)[C@H]1[C@@H]2CC[C@@H](C2)[C@@H]1Nc1nc(Cl)ncc1F. The Morgan fingerprint density at radius 3 is 3.00 bits per heavy atom. The average molecular weight is 300 g/mol. The van der Waals surface area contributed by atoms with Crippen molar-refractivity contribution in [3.8, 4) is 0 Å². The lowest BCUT2D eigenvalue weighted by Crippen LogP contribution is -2.40. The van der Waals surface area contributed by atoms with Crippen LogP contribution in [0.15, 0.2) is 6.20 Å². The summed E-state index contributed by atoms with van der Waals surface area (Å²) in [4.78, 5) is 19.4. The molecule has 7 heteroatoms. The maximum Gasteiger partial charge on any atom is 0.311 e. The first-order valence-electron chi connectivity index (χ1n) is 6.62. The van der Waals surface area contributed by atoms with Gasteiger partial charge >= 0.3 is 5.97 Å². The second-order valence-electron chi connectivity index (χ2n) is 5.39. The highest BCUT2D eigenvalue weighted by atomic mass is 35.5. The van der Waals surface area contributed by atoms with Crippen LogP contribution < -0.4 is 5.32 Å². The Kier molecular flexibility index (Phi) is 3.50. The molecule has 0 saturated heterocycles. The largest absolute Gasteiger partial charge is 0.469 e. The molecule has 2 aliphatic carbocycles. The topological polar surface area (TPSA) is 64.1 Å². The number of halogens is 2. The van der Waals surface area contributed by atoms with Crippen LogP contribution in [0.5, 0.6) is 0 Å². The van der Waals surface area contributed by atoms with Gasteiger partial charge in [-0.25, -0.2) is 9.37 Å². The molecule has 0 amide bonds. The Morgan fingerprint density at radius 2 is 2.25 bits per heavy atom. The van der Waals surface area contributed by atoms with E-state index in [0.29, 0.717) is 11.8 Å². The Hall–Kier alpha value is -1.43. The minimum Gasteiger partial charge on any atom is -0.469 e. The standard InChI is InChI=1S/C13H15ClFN3O2/c1-20-12(19)9-6-2-3-7(4-6)10(9)17-11-8(15)5-16-13(14)18-11/h5-7,9-10H,2-4H2,1H3,(H,16,17,18)/t6-,7+,9+,10+/m1/s1. The molecule has 2 saturated carbocycles. The van der Waals surface area contributed by atoms with Crippen molar-refractivity contribution < 1.29 is 13.9 Å². The smallest absolute Gasteiger partial charge is 0.311 e. The van der Waals surface area contributed by atoms with E-state index >= 15 is 0 Å². The van der Waals surface area contributed by atoms with Crippen LogP contribution in [0.4, 0.5) is 10.2 Å². The number of ether oxygens (including phenoxy) is 1. The summed E-state index contributed by atoms with van der Waals surface area (Å²) in [6.45, 7) is 0. The summed E-state index contributed by atoms with van der Waals surface area (Å²) in [5.41, 5.74) is 0. The summed E-state index contributed by atoms with van der Waals surface area (Å²) in [6, 6.07) is -0.151. The first kappa shape index (κ1) is 13.5. The highest BCUT2D eigenvalue weighted by Gasteiger charge is 2.51. The molecule has 5 nitrogen and oxygen atoms in total. The van der Waals surface area contributed by atoms with Gasteiger partial charge in [-0.3, -0.25) is 4.79 Å². The van der Waals surface area contributed by atoms with Gasteiger partial charge in [-0.05, 0) is 42.7 Å². The molecule has 108 valence electrons. The molecule has 3 rings (SSSR count). The van der Waals surface area contributed by atoms with E-state index in [1.165, 1.54) is 7.11 Å². The van der Waals surface area contributed by atoms with Gasteiger partial charge in [-0.2, -0.15) is 4.98 Å². The summed E-state index contributed by atoms with van der Waals surface area (Å²) in [5, 5.41) is 3.01. The van der Waals surface area contributed by atoms with Crippen molar-refractivity contribution in [2.75, 3.05) is 12.4 Å². The van der Waals surface area contributed by atoms with Crippen molar-refractivity contribution in [2.45, 2.75) is 25.3 Å². The van der Waals surface area contributed by atoms with Crippen LogP contribution in [0.3, 0.4) is 0 Å². The van der Waals surface area contributed by atoms with Gasteiger partial charge in [0.15, 0.2) is 11.6 Å². The third-order valence-electron chi connectivity index (χ3n) is 4.41. The molecule has 1 aromatic heterocycles. The molecule has 4 atom stereocenters. The number of nitrogens with one attached hydrogen (secondary N) is 1. The molecule has 0 unspecified atom stereocenters. The number of anilines is 1. The van der Waals surface area contributed by atoms with Crippen LogP contribution in [0, 0.1) is 23.6 Å². The fourth-order valence-electron chi connectivity index (χ4n) is 3.58. The normalized spacial score (nSPS) is 31.4. The molecular formula is C13H15ClFN3O2. The van der Waals surface area contributed by atoms with Crippen LogP contribution in [0.2, 0.25) is 5.28 Å². The molecule has 2 bridgehead atoms. The lowest BCUT2D eigenvalue weighted by atomic mass is 9.84. The third kappa shape index (κ3) is 2.22. The number of hydrogen-bond acceptors (Lipinski definition) is 5. The molecule has 1 N–H and O–H groups in total. The highest BCUT2D eigenvalue weighted by molar-refractivity contribution is 6.28. The van der Waals surface area contributed by atoms with E-state index in [4.69, 9.17) is 16.3 Å². The van der Waals surface area contributed by atoms with E-state index in [9.17, 15) is 9.18 Å². The maximum atomic E-state index is 13.7. The molecule has 0 spiro atoms. The van der Waals surface area contributed by atoms with E-state index in [1.54, 1.807) is 0 Å². The van der Waals surface area contributed by atoms with Crippen LogP contribution in [-0.2, 0) is 9.53 Å². The predicted octanol–water partition coefficient (Wildman–Crippen LogP) is 2.27. The zero-order chi connectivity index (χ0) is 14.3. The van der Waals surface area contributed by atoms with E-state index in [1.807, 2.05) is 0 Å². The number of fused-ring (bicyclic) bond motifs is 2. The fourth-order valence-corrected chi connectivity index (χ4v) is 3.71. The van der Waals surface area contributed by atoms with E-state index in [0.717, 1.165) is 25.5 Å². The predicted molar refractivity (Wildman–Crippen MR) is 70.7 cm³/mol. The summed E-state index contributed by atoms with van der Waals surface area (Å²) >= 11 is 5.69. The molecule has 0 radical (unpaired) electrons. The molecule has 1 heterocycles. The maximum absolute atomic E-state index is 13.7. The summed E-state index contributed by atoms with van der Waals surface area (Å²) < 4.78 is 18.6. The lowest BCUT2D eigenvalue weighted by molar-refractivity contribution is -0.147. The van der Waals surface area contributed by atoms with Gasteiger partial charge in [-0.1, -0.05) is 0 Å². The molecule has 2 aliphatic rings. The molecule has 1 aromatic rings. The van der Waals surface area contributed by atoms with Crippen molar-refractivity contribution in [1.82, 2.24) is 9.97 Å². The first-order valence-corrected chi connectivity index (χ1v) is 7.00. The van der Waals surface area contributed by atoms with Crippen molar-refractivity contribution in [3.05, 3.63) is 17.3 Å². The van der Waals surface area contributed by atoms with Crippen LogP contribution >= 0.6 is 11.6 Å². The Bertz CT molecular complexity index is 542. The van der Waals surface area contributed by atoms with Crippen molar-refractivity contribution in [3.63, 3.8) is 0 Å². The van der Waals surface area contributed by atoms with Crippen molar-refractivity contribution in [1.29, 1.82) is 0 Å². The Morgan fingerprint density at radius 1 is 1.50 bits per heavy atom. The van der Waals surface area contributed by atoms with Crippen LogP contribution in [0.1, 0.15) is 19.3 Å². The molecule has 2 fully saturated rings. The van der Waals surface area contributed by atoms with Gasteiger partial charge in [0.2, 0.25) is 5.28 Å². The number of carbonyl (C=O) groups excluding carboxylic acids is 1. The van der Waals surface area contributed by atoms with Crippen molar-refractivity contribution in [2.24, 2.45) is 17.8 Å². The van der Waals surface area contributed by atoms with Gasteiger partial charge in [-0.15, -0.1) is 0 Å². The number of carbonyl (C=O) groups is 1. The fraction of sp³-hybridized carbons (Fsp3) is 0.615. The molecular weight excluding hydrogens is 285 g/mol. The summed E-state index contributed by atoms with van der Waals surface area (Å²) in [5.74, 6) is -0.345. The van der Waals surface area contributed by atoms with Gasteiger partial charge in [0, 0.05) is 6.04 Å². The monoisotopic (exact) mass is 299 g/mol. The molecule has 20 heavy (non-hydrogen) atoms. The van der Waals surface area contributed by atoms with E-state index in [-0.39, 0.29) is 29.0 Å². The quantitative estimate of drug-likeness (QED) is 0.685. The van der Waals surface area contributed by atoms with Gasteiger partial charge < -0.3 is 10.1 Å². The number of esters is 1. The Balaban J connectivity index is 1.85. The first-order chi connectivity index (χ1) is 9.60. The number of nitrogens with zero attached hydrogens (tertiary/aromatic N) is 2. The second-order valence-corrected chi connectivity index (χ2v) is 5.73. The average Bonchev–Trinajstić information content (AvgIpc) is 3.03. The van der Waals surface area contributed by atoms with Gasteiger partial charge in [0.25, 0.3) is 0 Å². The van der Waals surface area contributed by atoms with Gasteiger partial charge in [0.05, 0.1) is 19.2 Å². The number of aromatic nitrogens is 2. The minimum atomic E-state index is -0.569. The summed E-state index contributed by atoms with van der Waals surface area (Å²) in [7, 11) is 1.38. The number of methoxy groups -OCH3 is 1. The zero-order valence-corrected chi connectivity index (χ0v) is 11.7. The minimum absolute atomic E-state index is 0.0216. The lowest BCUT2D eigenvalue weighted by Gasteiger charge is -2.30. The van der Waals surface area contributed by atoms with E-state index in [2.05, 4.69) is 15.3 Å². The van der Waals surface area contributed by atoms with E-state index < -0.39 is 5.82 Å². The number of rotatable bonds is 3.